The van der Waals surface area contributed by atoms with E-state index >= 15 is 0 Å². The summed E-state index contributed by atoms with van der Waals surface area (Å²) in [6, 6.07) is 0. The summed E-state index contributed by atoms with van der Waals surface area (Å²) in [6.45, 7) is 45.2. The van der Waals surface area contributed by atoms with Crippen molar-refractivity contribution in [2.75, 3.05) is 78.5 Å². The Morgan fingerprint density at radius 2 is 0.229 bits per heavy atom. The van der Waals surface area contributed by atoms with E-state index in [1.165, 1.54) is 0 Å². The van der Waals surface area contributed by atoms with Gasteiger partial charge < -0.3 is 191 Å². The van der Waals surface area contributed by atoms with Crippen LogP contribution in [0.5, 0.6) is 0 Å². The van der Waals surface area contributed by atoms with Gasteiger partial charge in [-0.15, -0.1) is 0 Å². The topological polar surface area (TPSA) is 660 Å². The molecule has 0 amide bonds. The van der Waals surface area contributed by atoms with E-state index in [-0.39, 0.29) is 81.4 Å². The van der Waals surface area contributed by atoms with Gasteiger partial charge in [-0.25, -0.2) is 0 Å². The number of hydrogen-bond acceptors (Lipinski definition) is 20. The number of rotatable bonds is 6. The van der Waals surface area contributed by atoms with Crippen molar-refractivity contribution in [1.82, 2.24) is 0 Å². The Balaban J connectivity index is -0.00000000758. The van der Waals surface area contributed by atoms with Gasteiger partial charge in [-0.1, -0.05) is 0 Å². The van der Waals surface area contributed by atoms with Crippen LogP contribution in [0.25, 0.3) is 0 Å². The molecule has 0 aliphatic heterocycles. The van der Waals surface area contributed by atoms with Crippen LogP contribution in [0.15, 0.2) is 0 Å². The molecule has 0 aromatic rings. The Kier molecular flexibility index (Phi) is 3500. The predicted octanol–water partition coefficient (Wildman–Crippen LogP) is -9.94. The maximum atomic E-state index is 6.25. The van der Waals surface area contributed by atoms with Gasteiger partial charge in [0.05, 0.1) is 0 Å². The van der Waals surface area contributed by atoms with Gasteiger partial charge in [-0.05, 0) is 0 Å². The van der Waals surface area contributed by atoms with E-state index in [0.29, 0.717) is 78.5 Å². The molecular weight excluding hydrogens is 814 g/mol. The molecule has 294 valence electrons. The second-order valence-corrected chi connectivity index (χ2v) is 3.46. The predicted molar refractivity (Wildman–Crippen MR) is 166 cm³/mol. The smallest absolute Gasteiger partial charge is 0.512 e. The first kappa shape index (κ1) is 165. The number of nitrogens with zero attached hydrogens (tertiary/aromatic N) is 8. The van der Waals surface area contributed by atoms with Crippen molar-refractivity contribution in [2.24, 2.45) is 68.8 Å². The van der Waals surface area contributed by atoms with Crippen molar-refractivity contribution in [3.8, 4) is 0 Å². The first-order chi connectivity index (χ1) is 19.5. The quantitative estimate of drug-likeness (QED) is 0.0871. The van der Waals surface area contributed by atoms with Crippen LogP contribution in [-0.4, -0.2) is 106 Å². The molecule has 0 saturated carbocycles. The minimum absolute atomic E-state index is 0. The van der Waals surface area contributed by atoms with E-state index < -0.39 is 0 Å². The molecule has 28 heteroatoms. The van der Waals surface area contributed by atoms with Crippen molar-refractivity contribution in [1.29, 1.82) is 42.1 Å². The normalized spacial score (nSPS) is 4.08. The maximum absolute atomic E-state index is 6.25. The molecule has 0 aliphatic rings. The first-order valence-electron chi connectivity index (χ1n) is 9.69. The van der Waals surface area contributed by atoms with E-state index in [1.54, 1.807) is 0 Å². The third-order valence-electron chi connectivity index (χ3n) is 1.00. The van der Waals surface area contributed by atoms with E-state index in [4.69, 9.17) is 163 Å². The molecule has 0 aromatic carbocycles. The monoisotopic (exact) mass is 872 g/mol. The molecule has 25 nitrogen and oxygen atoms in total. The second-order valence-electron chi connectivity index (χ2n) is 3.46. The molecule has 48 heavy (non-hydrogen) atoms. The summed E-state index contributed by atoms with van der Waals surface area (Å²) in [4.78, 5) is 0. The fourth-order valence-electron chi connectivity index (χ4n) is 0. The van der Waals surface area contributed by atoms with Crippen molar-refractivity contribution in [2.45, 2.75) is 0 Å². The molecule has 0 heterocycles. The Hall–Kier alpha value is -3.08. The molecule has 0 fully saturated rings. The van der Waals surface area contributed by atoms with Gasteiger partial charge in [0.2, 0.25) is 0 Å². The van der Waals surface area contributed by atoms with E-state index in [0.717, 1.165) is 0 Å². The van der Waals surface area contributed by atoms with E-state index in [2.05, 4.69) is 0 Å². The summed E-state index contributed by atoms with van der Waals surface area (Å²) in [5, 5.41) is 50.0. The summed E-state index contributed by atoms with van der Waals surface area (Å²) in [6.07, 6.45) is 0. The third kappa shape index (κ3) is 8870. The van der Waals surface area contributed by atoms with Crippen molar-refractivity contribution >= 4 is 0 Å². The molecule has 2 radical (unpaired) electrons. The van der Waals surface area contributed by atoms with Gasteiger partial charge in [-0.3, -0.25) is 0 Å². The minimum Gasteiger partial charge on any atom is -0.512 e. The summed E-state index contributed by atoms with van der Waals surface area (Å²) in [7, 11) is 0. The minimum atomic E-state index is 0. The Morgan fingerprint density at radius 1 is 0.208 bits per heavy atom. The van der Waals surface area contributed by atoms with Crippen LogP contribution in [0, 0.1) is 94.7 Å². The molecule has 0 aliphatic carbocycles. The summed E-state index contributed by atoms with van der Waals surface area (Å²) < 4.78 is 0. The van der Waals surface area contributed by atoms with Crippen LogP contribution in [0.2, 0.25) is 0 Å². The number of hydrogen-bond donors (Lipinski definition) is 12. The van der Waals surface area contributed by atoms with Crippen LogP contribution < -0.4 is 68.8 Å². The van der Waals surface area contributed by atoms with E-state index in [9.17, 15) is 0 Å². The molecule has 0 atom stereocenters. The third-order valence-corrected chi connectivity index (χ3v) is 1.00. The van der Waals surface area contributed by atoms with Crippen LogP contribution >= 0.6 is 0 Å². The zero-order chi connectivity index (χ0) is 36.5. The zero-order valence-corrected chi connectivity index (χ0v) is 30.5. The second kappa shape index (κ2) is 1020. The molecule has 34 N–H and O–H groups in total. The molecule has 0 unspecified atom stereocenters. The molecule has 0 rings (SSSR count). The summed E-state index contributed by atoms with van der Waals surface area (Å²) in [5.41, 5.74) is 58.8. The van der Waals surface area contributed by atoms with Gasteiger partial charge in [0.15, 0.2) is 0 Å². The van der Waals surface area contributed by atoms with Crippen LogP contribution in [0.3, 0.4) is 0 Å². The van der Waals surface area contributed by atoms with Gasteiger partial charge in [-0.2, -0.15) is 0 Å². The molecule has 0 aromatic heterocycles. The Bertz CT molecular complexity index is 301. The van der Waals surface area contributed by atoms with Crippen LogP contribution in [0.1, 0.15) is 0 Å². The molecule has 0 saturated heterocycles. The molecule has 0 spiro atoms. The van der Waals surface area contributed by atoms with Gasteiger partial charge in [0, 0.05) is 78.5 Å². The summed E-state index contributed by atoms with van der Waals surface area (Å²) >= 11 is 0. The average Bonchev–Trinajstić information content (AvgIpc) is 3.12. The van der Waals surface area contributed by atoms with Gasteiger partial charge in [0.1, 0.15) is 0 Å². The number of nitrogens with two attached hydrogens (primary N) is 12. The standard InChI is InChI=1S/6C2H8N2.8CN.Mo.2Ni.5H2O/c6*3-1-2-4;8*1-2;;;;;;;;/h6*1-4H2;;;;;;;;;;;;5*1H2/q;;;;;;8*-1;+2;2*+3;;;;;. The zero-order valence-electron chi connectivity index (χ0n) is 26.5. The molecular formula is C20H58MoN20Ni2O5. The van der Waals surface area contributed by atoms with E-state index in [1.807, 2.05) is 0 Å². The summed E-state index contributed by atoms with van der Waals surface area (Å²) in [5.74, 6) is 0. The fourth-order valence-corrected chi connectivity index (χ4v) is 0. The largest absolute Gasteiger partial charge is 3.00 e. The molecule has 0 bridgehead atoms. The maximum Gasteiger partial charge on any atom is 3.00 e. The van der Waals surface area contributed by atoms with Gasteiger partial charge >= 0.3 is 54.0 Å². The van der Waals surface area contributed by atoms with Gasteiger partial charge in [0.25, 0.3) is 0 Å². The fraction of sp³-hybridized carbons (Fsp3) is 0.600. The Labute approximate surface area is 322 Å². The van der Waals surface area contributed by atoms with Crippen LogP contribution in [0.4, 0.5) is 0 Å². The van der Waals surface area contributed by atoms with Crippen molar-refractivity contribution in [3.63, 3.8) is 0 Å². The average molecular weight is 872 g/mol. The first-order valence-corrected chi connectivity index (χ1v) is 9.69. The SMILES string of the molecule is NCCN.NCCN.NCCN.NCCN.NCCN.NCCN.O.O.O.O.O.[C-]#N.[C-]#N.[C-]#N.[C-]#N.[C-]#N.[C-]#N.[C-]#N.[C-]#N.[Mo+2].[Ni+3].[Ni+3]. The van der Waals surface area contributed by atoms with Crippen molar-refractivity contribution < 1.29 is 81.4 Å². The van der Waals surface area contributed by atoms with Crippen LogP contribution in [-0.2, 0) is 54.0 Å². The van der Waals surface area contributed by atoms with Crippen molar-refractivity contribution in [3.05, 3.63) is 52.6 Å². The Morgan fingerprint density at radius 3 is 0.229 bits per heavy atom.